The first-order chi connectivity index (χ1) is 6.26. The highest BCUT2D eigenvalue weighted by Gasteiger charge is 1.94. The Morgan fingerprint density at radius 3 is 2.77 bits per heavy atom. The summed E-state index contributed by atoms with van der Waals surface area (Å²) in [6.07, 6.45) is 3.34. The van der Waals surface area contributed by atoms with Crippen molar-refractivity contribution >= 4 is 29.8 Å². The van der Waals surface area contributed by atoms with Crippen molar-refractivity contribution in [1.82, 2.24) is 10.4 Å². The first-order valence-electron chi connectivity index (χ1n) is 3.20. The van der Waals surface area contributed by atoms with Crippen LogP contribution in [0.3, 0.4) is 0 Å². The molecule has 4 nitrogen and oxygen atoms in total. The minimum absolute atomic E-state index is 0.508. The van der Waals surface area contributed by atoms with Gasteiger partial charge in [-0.15, -0.1) is 0 Å². The van der Waals surface area contributed by atoms with E-state index < -0.39 is 0 Å². The van der Waals surface area contributed by atoms with E-state index >= 15 is 0 Å². The van der Waals surface area contributed by atoms with Crippen LogP contribution >= 0.6 is 24.8 Å². The Bertz CT molecular complexity index is 293. The third-order valence-electron chi connectivity index (χ3n) is 1.05. The zero-order valence-electron chi connectivity index (χ0n) is 6.64. The summed E-state index contributed by atoms with van der Waals surface area (Å²) in [5, 5.41) is 8.63. The number of rotatable bonds is 1. The highest BCUT2D eigenvalue weighted by molar-refractivity contribution is 7.85. The molecule has 0 unspecified atom stereocenters. The first-order valence-corrected chi connectivity index (χ1v) is 4.06. The highest BCUT2D eigenvalue weighted by Crippen LogP contribution is 1.94. The van der Waals surface area contributed by atoms with Gasteiger partial charge in [-0.05, 0) is 12.1 Å². The molecule has 1 heterocycles. The summed E-state index contributed by atoms with van der Waals surface area (Å²) >= 11 is 7.94. The van der Waals surface area contributed by atoms with Gasteiger partial charge in [0.2, 0.25) is 0 Å². The molecule has 0 fully saturated rings. The van der Waals surface area contributed by atoms with Gasteiger partial charge in [0, 0.05) is 18.0 Å². The molecular formula is C7H8N4S2. The zero-order valence-corrected chi connectivity index (χ0v) is 8.35. The number of nitrogens with zero attached hydrogens (tertiary/aromatic N) is 2. The predicted octanol–water partition coefficient (Wildman–Crippen LogP) is 0.618. The van der Waals surface area contributed by atoms with Gasteiger partial charge in [0.05, 0.1) is 0 Å². The number of hydrogen-bond donors (Lipinski definition) is 3. The van der Waals surface area contributed by atoms with Crippen LogP contribution < -0.4 is 11.3 Å². The molecule has 0 amide bonds. The molecular weight excluding hydrogens is 204 g/mol. The van der Waals surface area contributed by atoms with Crippen molar-refractivity contribution in [3.8, 4) is 5.40 Å². The molecule has 1 aromatic heterocycles. The van der Waals surface area contributed by atoms with Crippen LogP contribution in [0.1, 0.15) is 5.56 Å². The average molecular weight is 212 g/mol. The van der Waals surface area contributed by atoms with E-state index in [1.807, 2.05) is 6.07 Å². The summed E-state index contributed by atoms with van der Waals surface area (Å²) in [4.78, 5) is 4.38. The summed E-state index contributed by atoms with van der Waals surface area (Å²) < 4.78 is 0. The van der Waals surface area contributed by atoms with Gasteiger partial charge in [-0.3, -0.25) is 4.98 Å². The van der Waals surface area contributed by atoms with Crippen LogP contribution in [0.15, 0.2) is 24.5 Å². The normalized spacial score (nSPS) is 7.46. The number of nitriles is 1. The van der Waals surface area contributed by atoms with E-state index in [0.29, 0.717) is 4.99 Å². The summed E-state index contributed by atoms with van der Waals surface area (Å²) in [5.74, 6) is 5.09. The van der Waals surface area contributed by atoms with Gasteiger partial charge in [0.15, 0.2) is 0 Å². The fourth-order valence-corrected chi connectivity index (χ4v) is 0.701. The Hall–Kier alpha value is -1.16. The van der Waals surface area contributed by atoms with E-state index in [1.54, 1.807) is 18.5 Å². The molecule has 0 aromatic carbocycles. The maximum Gasteiger partial charge on any atom is 0.130 e. The van der Waals surface area contributed by atoms with Crippen LogP contribution in [0, 0.1) is 10.7 Å². The van der Waals surface area contributed by atoms with Crippen LogP contribution in [0.5, 0.6) is 0 Å². The smallest absolute Gasteiger partial charge is 0.130 e. The van der Waals surface area contributed by atoms with Crippen molar-refractivity contribution in [2.24, 2.45) is 5.84 Å². The molecule has 0 saturated heterocycles. The minimum Gasteiger partial charge on any atom is -0.314 e. The Labute approximate surface area is 87.2 Å². The Morgan fingerprint density at radius 1 is 1.77 bits per heavy atom. The third kappa shape index (κ3) is 5.14. The lowest BCUT2D eigenvalue weighted by atomic mass is 10.3. The van der Waals surface area contributed by atoms with Gasteiger partial charge in [0.1, 0.15) is 10.4 Å². The summed E-state index contributed by atoms with van der Waals surface area (Å²) in [6, 6.07) is 3.65. The second-order valence-electron chi connectivity index (χ2n) is 1.82. The van der Waals surface area contributed by atoms with E-state index in [9.17, 15) is 0 Å². The molecule has 68 valence electrons. The van der Waals surface area contributed by atoms with Gasteiger partial charge in [-0.2, -0.15) is 5.26 Å². The fourth-order valence-electron chi connectivity index (χ4n) is 0.580. The van der Waals surface area contributed by atoms with Crippen LogP contribution in [0.2, 0.25) is 0 Å². The number of thiocyanates is 1. The molecule has 0 spiro atoms. The van der Waals surface area contributed by atoms with Gasteiger partial charge < -0.3 is 5.43 Å². The van der Waals surface area contributed by atoms with Crippen molar-refractivity contribution in [3.63, 3.8) is 0 Å². The van der Waals surface area contributed by atoms with Crippen LogP contribution in [0.25, 0.3) is 0 Å². The quantitative estimate of drug-likeness (QED) is 0.209. The lowest BCUT2D eigenvalue weighted by Crippen LogP contribution is -2.29. The molecule has 0 atom stereocenters. The van der Waals surface area contributed by atoms with E-state index in [0.717, 1.165) is 5.56 Å². The van der Waals surface area contributed by atoms with Gasteiger partial charge in [0.25, 0.3) is 0 Å². The second kappa shape index (κ2) is 7.49. The first kappa shape index (κ1) is 11.8. The molecule has 6 heteroatoms. The van der Waals surface area contributed by atoms with E-state index in [2.05, 4.69) is 23.0 Å². The SMILES string of the molecule is N#CS.NNC(=S)c1cccnc1. The lowest BCUT2D eigenvalue weighted by Gasteiger charge is -1.99. The molecule has 0 bridgehead atoms. The van der Waals surface area contributed by atoms with Gasteiger partial charge in [-0.1, -0.05) is 24.8 Å². The lowest BCUT2D eigenvalue weighted by molar-refractivity contribution is 1.05. The maximum absolute atomic E-state index is 7.18. The van der Waals surface area contributed by atoms with Crippen LogP contribution in [-0.2, 0) is 0 Å². The number of thiocarbonyl (C=S) groups is 1. The summed E-state index contributed by atoms with van der Waals surface area (Å²) in [6.45, 7) is 0. The zero-order chi connectivity index (χ0) is 10.1. The van der Waals surface area contributed by atoms with Gasteiger partial charge in [-0.25, -0.2) is 5.84 Å². The highest BCUT2D eigenvalue weighted by atomic mass is 32.1. The molecule has 0 aliphatic carbocycles. The molecule has 1 rings (SSSR count). The standard InChI is InChI=1S/C6H7N3S.CHNS/c7-9-6(10)5-2-1-3-8-4-5;2-1-3/h1-4H,7H2,(H,9,10);3H. The Kier molecular flexibility index (Phi) is 6.82. The molecule has 3 N–H and O–H groups in total. The third-order valence-corrected chi connectivity index (χ3v) is 1.41. The Balaban J connectivity index is 0.000000424. The molecule has 0 saturated carbocycles. The number of hydrogen-bond acceptors (Lipinski definition) is 5. The summed E-state index contributed by atoms with van der Waals surface area (Å²) in [7, 11) is 0. The molecule has 0 aliphatic heterocycles. The number of pyridine rings is 1. The topological polar surface area (TPSA) is 74.7 Å². The van der Waals surface area contributed by atoms with E-state index in [1.165, 1.54) is 5.40 Å². The monoisotopic (exact) mass is 212 g/mol. The largest absolute Gasteiger partial charge is 0.314 e. The Morgan fingerprint density at radius 2 is 2.38 bits per heavy atom. The van der Waals surface area contributed by atoms with Crippen LogP contribution in [0.4, 0.5) is 0 Å². The molecule has 1 aromatic rings. The number of nitrogens with two attached hydrogens (primary N) is 1. The van der Waals surface area contributed by atoms with Crippen molar-refractivity contribution < 1.29 is 0 Å². The van der Waals surface area contributed by atoms with Crippen molar-refractivity contribution in [2.75, 3.05) is 0 Å². The molecule has 0 aliphatic rings. The number of thiol groups is 1. The van der Waals surface area contributed by atoms with Crippen molar-refractivity contribution in [3.05, 3.63) is 30.1 Å². The van der Waals surface area contributed by atoms with Crippen LogP contribution in [-0.4, -0.2) is 9.97 Å². The number of aromatic nitrogens is 1. The fraction of sp³-hybridized carbons (Fsp3) is 0. The average Bonchev–Trinajstić information content (AvgIpc) is 2.19. The van der Waals surface area contributed by atoms with E-state index in [-0.39, 0.29) is 0 Å². The predicted molar refractivity (Wildman–Crippen MR) is 57.9 cm³/mol. The number of hydrazine groups is 1. The maximum atomic E-state index is 7.18. The van der Waals surface area contributed by atoms with Crippen molar-refractivity contribution in [1.29, 1.82) is 5.26 Å². The molecule has 13 heavy (non-hydrogen) atoms. The summed E-state index contributed by atoms with van der Waals surface area (Å²) in [5.41, 5.74) is 3.21. The number of nitrogens with one attached hydrogen (secondary N) is 1. The van der Waals surface area contributed by atoms with Crippen molar-refractivity contribution in [2.45, 2.75) is 0 Å². The molecule has 0 radical (unpaired) electrons. The van der Waals surface area contributed by atoms with Gasteiger partial charge >= 0.3 is 0 Å². The minimum atomic E-state index is 0.508. The van der Waals surface area contributed by atoms with E-state index in [4.69, 9.17) is 23.3 Å². The second-order valence-corrected chi connectivity index (χ2v) is 2.42.